The number of benzene rings is 3. The number of rotatable bonds is 6. The van der Waals surface area contributed by atoms with Crippen LogP contribution in [0, 0.1) is 0 Å². The molecule has 0 amide bonds. The second-order valence-electron chi connectivity index (χ2n) is 7.38. The summed E-state index contributed by atoms with van der Waals surface area (Å²) in [5.41, 5.74) is 3.21. The van der Waals surface area contributed by atoms with Crippen molar-refractivity contribution >= 4 is 0 Å². The standard InChI is InChI=1S/C25H28N2O3/c1-28-21-16-18(17-22(29-2)23(21)30-3)24-26-15-14-25(27-24,19-10-6-4-7-11-19)20-12-8-5-9-13-20/h4-13,16-17,24,26-27H,14-15H2,1-3H3/t24-/m0/s1. The lowest BCUT2D eigenvalue weighted by Gasteiger charge is -2.44. The molecule has 5 heteroatoms. The molecule has 0 bridgehead atoms. The lowest BCUT2D eigenvalue weighted by molar-refractivity contribution is 0.233. The van der Waals surface area contributed by atoms with Gasteiger partial charge in [0.15, 0.2) is 11.5 Å². The fraction of sp³-hybridized carbons (Fsp3) is 0.280. The van der Waals surface area contributed by atoms with Crippen molar-refractivity contribution in [3.63, 3.8) is 0 Å². The highest BCUT2D eigenvalue weighted by Crippen LogP contribution is 2.42. The quantitative estimate of drug-likeness (QED) is 0.644. The molecule has 0 aliphatic carbocycles. The van der Waals surface area contributed by atoms with E-state index in [4.69, 9.17) is 14.2 Å². The monoisotopic (exact) mass is 404 g/mol. The minimum absolute atomic E-state index is 0.0899. The van der Waals surface area contributed by atoms with Gasteiger partial charge in [-0.15, -0.1) is 0 Å². The lowest BCUT2D eigenvalue weighted by atomic mass is 9.78. The van der Waals surface area contributed by atoms with Crippen LogP contribution in [-0.2, 0) is 5.54 Å². The molecule has 156 valence electrons. The Morgan fingerprint density at radius 2 is 1.30 bits per heavy atom. The molecular weight excluding hydrogens is 376 g/mol. The summed E-state index contributed by atoms with van der Waals surface area (Å²) in [6.07, 6.45) is 0.843. The summed E-state index contributed by atoms with van der Waals surface area (Å²) in [4.78, 5) is 0. The van der Waals surface area contributed by atoms with Gasteiger partial charge in [-0.25, -0.2) is 0 Å². The summed E-state index contributed by atoms with van der Waals surface area (Å²) in [6.45, 7) is 0.859. The van der Waals surface area contributed by atoms with Gasteiger partial charge >= 0.3 is 0 Å². The number of hydrogen-bond acceptors (Lipinski definition) is 5. The van der Waals surface area contributed by atoms with E-state index in [-0.39, 0.29) is 11.7 Å². The highest BCUT2D eigenvalue weighted by molar-refractivity contribution is 5.54. The maximum atomic E-state index is 5.57. The van der Waals surface area contributed by atoms with Crippen LogP contribution in [0.1, 0.15) is 29.3 Å². The molecule has 2 N–H and O–H groups in total. The Kier molecular flexibility index (Phi) is 5.93. The van der Waals surface area contributed by atoms with Gasteiger partial charge in [-0.05, 0) is 41.8 Å². The van der Waals surface area contributed by atoms with Crippen LogP contribution in [0.5, 0.6) is 17.2 Å². The van der Waals surface area contributed by atoms with Crippen molar-refractivity contribution in [1.29, 1.82) is 0 Å². The van der Waals surface area contributed by atoms with Crippen molar-refractivity contribution in [2.45, 2.75) is 18.1 Å². The van der Waals surface area contributed by atoms with Crippen LogP contribution >= 0.6 is 0 Å². The van der Waals surface area contributed by atoms with Crippen LogP contribution in [0.4, 0.5) is 0 Å². The highest BCUT2D eigenvalue weighted by Gasteiger charge is 2.39. The van der Waals surface area contributed by atoms with Gasteiger partial charge in [0.1, 0.15) is 0 Å². The Balaban J connectivity index is 1.79. The van der Waals surface area contributed by atoms with Crippen molar-refractivity contribution in [3.8, 4) is 17.2 Å². The second kappa shape index (κ2) is 8.78. The minimum atomic E-state index is -0.307. The molecule has 0 spiro atoms. The molecule has 1 heterocycles. The van der Waals surface area contributed by atoms with Gasteiger partial charge in [0.25, 0.3) is 0 Å². The van der Waals surface area contributed by atoms with E-state index in [1.165, 1.54) is 11.1 Å². The average molecular weight is 405 g/mol. The third-order valence-corrected chi connectivity index (χ3v) is 5.79. The van der Waals surface area contributed by atoms with Crippen LogP contribution < -0.4 is 24.8 Å². The molecule has 0 unspecified atom stereocenters. The highest BCUT2D eigenvalue weighted by atomic mass is 16.5. The molecule has 4 rings (SSSR count). The van der Waals surface area contributed by atoms with Gasteiger partial charge in [-0.1, -0.05) is 60.7 Å². The van der Waals surface area contributed by atoms with Crippen molar-refractivity contribution in [2.24, 2.45) is 0 Å². The first kappa shape index (κ1) is 20.3. The topological polar surface area (TPSA) is 51.8 Å². The summed E-state index contributed by atoms with van der Waals surface area (Å²) < 4.78 is 16.6. The molecular formula is C25H28N2O3. The fourth-order valence-corrected chi connectivity index (χ4v) is 4.31. The van der Waals surface area contributed by atoms with Crippen molar-refractivity contribution in [3.05, 3.63) is 89.5 Å². The Bertz CT molecular complexity index is 912. The van der Waals surface area contributed by atoms with Crippen molar-refractivity contribution in [2.75, 3.05) is 27.9 Å². The molecule has 0 radical (unpaired) electrons. The maximum absolute atomic E-state index is 5.57. The number of hydrogen-bond donors (Lipinski definition) is 2. The number of methoxy groups -OCH3 is 3. The van der Waals surface area contributed by atoms with E-state index in [1.54, 1.807) is 21.3 Å². The van der Waals surface area contributed by atoms with Gasteiger partial charge < -0.3 is 14.2 Å². The van der Waals surface area contributed by atoms with Gasteiger partial charge in [0, 0.05) is 0 Å². The maximum Gasteiger partial charge on any atom is 0.203 e. The number of ether oxygens (including phenoxy) is 3. The Labute approximate surface area is 178 Å². The zero-order valence-corrected chi connectivity index (χ0v) is 17.6. The lowest BCUT2D eigenvalue weighted by Crippen LogP contribution is -2.55. The smallest absolute Gasteiger partial charge is 0.203 e. The SMILES string of the molecule is COc1cc([C@H]2NCCC(c3ccccc3)(c3ccccc3)N2)cc(OC)c1OC. The van der Waals surface area contributed by atoms with Gasteiger partial charge in [0.05, 0.1) is 33.0 Å². The normalized spacial score (nSPS) is 17.9. The van der Waals surface area contributed by atoms with Gasteiger partial charge in [-0.2, -0.15) is 0 Å². The molecule has 3 aromatic rings. The summed E-state index contributed by atoms with van der Waals surface area (Å²) in [6, 6.07) is 25.3. The molecule has 0 aromatic heterocycles. The first-order chi connectivity index (χ1) is 14.7. The van der Waals surface area contributed by atoms with Crippen LogP contribution in [0.25, 0.3) is 0 Å². The van der Waals surface area contributed by atoms with Gasteiger partial charge in [-0.3, -0.25) is 10.6 Å². The molecule has 1 atom stereocenters. The molecule has 1 aliphatic rings. The predicted octanol–water partition coefficient (Wildman–Crippen LogP) is 4.24. The summed E-state index contributed by atoms with van der Waals surface area (Å²) in [5.74, 6) is 1.88. The Morgan fingerprint density at radius 1 is 0.767 bits per heavy atom. The zero-order chi connectivity index (χ0) is 21.0. The van der Waals surface area contributed by atoms with E-state index in [0.29, 0.717) is 17.2 Å². The molecule has 30 heavy (non-hydrogen) atoms. The first-order valence-corrected chi connectivity index (χ1v) is 10.1. The molecule has 3 aromatic carbocycles. The predicted molar refractivity (Wildman–Crippen MR) is 118 cm³/mol. The van der Waals surface area contributed by atoms with E-state index in [2.05, 4.69) is 71.3 Å². The van der Waals surface area contributed by atoms with E-state index in [1.807, 2.05) is 12.1 Å². The van der Waals surface area contributed by atoms with Crippen LogP contribution in [0.15, 0.2) is 72.8 Å². The van der Waals surface area contributed by atoms with Crippen LogP contribution in [0.2, 0.25) is 0 Å². The van der Waals surface area contributed by atoms with Gasteiger partial charge in [0.2, 0.25) is 5.75 Å². The fourth-order valence-electron chi connectivity index (χ4n) is 4.31. The van der Waals surface area contributed by atoms with Crippen molar-refractivity contribution in [1.82, 2.24) is 10.6 Å². The van der Waals surface area contributed by atoms with E-state index < -0.39 is 0 Å². The Morgan fingerprint density at radius 3 is 1.77 bits per heavy atom. The van der Waals surface area contributed by atoms with Crippen molar-refractivity contribution < 1.29 is 14.2 Å². The first-order valence-electron chi connectivity index (χ1n) is 10.1. The molecule has 1 fully saturated rings. The molecule has 1 aliphatic heterocycles. The van der Waals surface area contributed by atoms with Crippen LogP contribution in [-0.4, -0.2) is 27.9 Å². The molecule has 5 nitrogen and oxygen atoms in total. The number of nitrogens with one attached hydrogen (secondary N) is 2. The van der Waals surface area contributed by atoms with E-state index in [9.17, 15) is 0 Å². The summed E-state index contributed by atoms with van der Waals surface area (Å²) in [5, 5.41) is 7.50. The molecule has 1 saturated heterocycles. The van der Waals surface area contributed by atoms with E-state index >= 15 is 0 Å². The second-order valence-corrected chi connectivity index (χ2v) is 7.38. The zero-order valence-electron chi connectivity index (χ0n) is 17.6. The average Bonchev–Trinajstić information content (AvgIpc) is 2.84. The van der Waals surface area contributed by atoms with Crippen LogP contribution in [0.3, 0.4) is 0 Å². The Hall–Kier alpha value is -3.02. The minimum Gasteiger partial charge on any atom is -0.493 e. The third kappa shape index (κ3) is 3.62. The largest absolute Gasteiger partial charge is 0.493 e. The summed E-state index contributed by atoms with van der Waals surface area (Å²) in [7, 11) is 4.90. The molecule has 0 saturated carbocycles. The van der Waals surface area contributed by atoms with E-state index in [0.717, 1.165) is 18.5 Å². The summed E-state index contributed by atoms with van der Waals surface area (Å²) >= 11 is 0. The third-order valence-electron chi connectivity index (χ3n) is 5.79.